The van der Waals surface area contributed by atoms with Crippen LogP contribution >= 0.6 is 27.5 Å². The molecule has 1 aromatic carbocycles. The van der Waals surface area contributed by atoms with Gasteiger partial charge in [0.2, 0.25) is 9.87 Å². The third-order valence-corrected chi connectivity index (χ3v) is 4.45. The molecule has 22 heavy (non-hydrogen) atoms. The Balaban J connectivity index is 1.94. The second kappa shape index (κ2) is 5.98. The van der Waals surface area contributed by atoms with Gasteiger partial charge in [-0.2, -0.15) is 9.36 Å². The van der Waals surface area contributed by atoms with E-state index in [4.69, 9.17) is 4.42 Å². The van der Waals surface area contributed by atoms with Gasteiger partial charge in [-0.3, -0.25) is 9.69 Å². The molecule has 0 fully saturated rings. The van der Waals surface area contributed by atoms with Gasteiger partial charge >= 0.3 is 0 Å². The molecule has 0 aliphatic rings. The van der Waals surface area contributed by atoms with Gasteiger partial charge in [0.05, 0.1) is 0 Å². The van der Waals surface area contributed by atoms with Crippen molar-refractivity contribution in [2.24, 2.45) is 0 Å². The largest absolute Gasteiger partial charge is 0.443 e. The van der Waals surface area contributed by atoms with Crippen molar-refractivity contribution >= 4 is 38.5 Å². The van der Waals surface area contributed by atoms with E-state index in [0.29, 0.717) is 15.6 Å². The summed E-state index contributed by atoms with van der Waals surface area (Å²) in [6.45, 7) is 2.00. The van der Waals surface area contributed by atoms with Crippen LogP contribution in [-0.4, -0.2) is 27.3 Å². The van der Waals surface area contributed by atoms with Gasteiger partial charge in [0, 0.05) is 24.1 Å². The Labute approximate surface area is 139 Å². The average molecular weight is 379 g/mol. The Hall–Kier alpha value is -2.06. The van der Waals surface area contributed by atoms with Crippen molar-refractivity contribution in [3.8, 4) is 11.3 Å². The Kier molecular flexibility index (Phi) is 4.04. The lowest BCUT2D eigenvalue weighted by Gasteiger charge is -2.11. The summed E-state index contributed by atoms with van der Waals surface area (Å²) in [6, 6.07) is 7.71. The smallest absolute Gasteiger partial charge is 0.282 e. The number of carbonyl (C=O) groups is 1. The molecule has 0 radical (unpaired) electrons. The Bertz CT molecular complexity index is 812. The van der Waals surface area contributed by atoms with Gasteiger partial charge in [-0.05, 0) is 22.9 Å². The number of rotatable bonds is 3. The van der Waals surface area contributed by atoms with E-state index in [1.54, 1.807) is 7.05 Å². The van der Waals surface area contributed by atoms with Gasteiger partial charge in [-0.15, -0.1) is 0 Å². The molecule has 0 aliphatic heterocycles. The number of halogens is 1. The molecule has 0 unspecified atom stereocenters. The van der Waals surface area contributed by atoms with Gasteiger partial charge in [0.25, 0.3) is 5.91 Å². The number of amides is 1. The number of hydrogen-bond acceptors (Lipinski definition) is 6. The first kappa shape index (κ1) is 14.9. The number of carbonyl (C=O) groups excluding carboxylic acids is 1. The Morgan fingerprint density at radius 3 is 2.68 bits per heavy atom. The number of hydrogen-bond donors (Lipinski definition) is 0. The fourth-order valence-corrected chi connectivity index (χ4v) is 2.92. The molecule has 0 atom stereocenters. The molecule has 6 nitrogen and oxygen atoms in total. The predicted molar refractivity (Wildman–Crippen MR) is 87.0 cm³/mol. The van der Waals surface area contributed by atoms with Crippen LogP contribution in [0.15, 0.2) is 39.8 Å². The first-order valence-electron chi connectivity index (χ1n) is 6.34. The molecule has 0 saturated carbocycles. The first-order valence-corrected chi connectivity index (χ1v) is 7.90. The normalized spacial score (nSPS) is 10.7. The highest BCUT2D eigenvalue weighted by atomic mass is 79.9. The van der Waals surface area contributed by atoms with Crippen LogP contribution in [0, 0.1) is 6.92 Å². The van der Waals surface area contributed by atoms with Crippen molar-refractivity contribution in [1.82, 2.24) is 14.3 Å². The molecule has 2 heterocycles. The highest BCUT2D eigenvalue weighted by Crippen LogP contribution is 2.26. The van der Waals surface area contributed by atoms with E-state index in [-0.39, 0.29) is 11.6 Å². The number of oxazole rings is 1. The zero-order valence-corrected chi connectivity index (χ0v) is 14.2. The molecule has 1 amide bonds. The molecule has 8 heteroatoms. The molecule has 3 rings (SSSR count). The number of anilines is 1. The van der Waals surface area contributed by atoms with Gasteiger partial charge in [0.15, 0.2) is 17.8 Å². The van der Waals surface area contributed by atoms with E-state index in [9.17, 15) is 4.79 Å². The topological polar surface area (TPSA) is 72.1 Å². The second-order valence-corrected chi connectivity index (χ2v) is 6.05. The van der Waals surface area contributed by atoms with Crippen molar-refractivity contribution in [3.05, 3.63) is 46.7 Å². The minimum Gasteiger partial charge on any atom is -0.443 e. The lowest BCUT2D eigenvalue weighted by molar-refractivity contribution is 0.0989. The van der Waals surface area contributed by atoms with E-state index in [2.05, 4.69) is 30.3 Å². The van der Waals surface area contributed by atoms with Crippen molar-refractivity contribution < 1.29 is 9.21 Å². The minimum absolute atomic E-state index is 0.248. The maximum atomic E-state index is 12.6. The summed E-state index contributed by atoms with van der Waals surface area (Å²) in [6.07, 6.45) is 1.27. The van der Waals surface area contributed by atoms with Gasteiger partial charge in [-0.1, -0.05) is 29.8 Å². The van der Waals surface area contributed by atoms with Crippen LogP contribution in [0.2, 0.25) is 0 Å². The summed E-state index contributed by atoms with van der Waals surface area (Å²) >= 11 is 4.30. The Morgan fingerprint density at radius 1 is 1.32 bits per heavy atom. The third kappa shape index (κ3) is 2.79. The van der Waals surface area contributed by atoms with Gasteiger partial charge in [-0.25, -0.2) is 4.98 Å². The SMILES string of the molecule is Cc1ccc(-c2ocnc2C(=O)N(C)c2nc(Br)ns2)cc1. The van der Waals surface area contributed by atoms with Crippen LogP contribution in [0.25, 0.3) is 11.3 Å². The summed E-state index contributed by atoms with van der Waals surface area (Å²) in [4.78, 5) is 22.2. The molecule has 112 valence electrons. The fraction of sp³-hybridized carbons (Fsp3) is 0.143. The monoisotopic (exact) mass is 378 g/mol. The Morgan fingerprint density at radius 2 is 2.05 bits per heavy atom. The highest BCUT2D eigenvalue weighted by molar-refractivity contribution is 9.10. The predicted octanol–water partition coefficient (Wildman–Crippen LogP) is 3.54. The lowest BCUT2D eigenvalue weighted by Crippen LogP contribution is -2.26. The van der Waals surface area contributed by atoms with Crippen molar-refractivity contribution in [1.29, 1.82) is 0 Å². The molecule has 0 N–H and O–H groups in total. The van der Waals surface area contributed by atoms with Crippen molar-refractivity contribution in [2.75, 3.05) is 11.9 Å². The molecule has 2 aromatic heterocycles. The van der Waals surface area contributed by atoms with Crippen LogP contribution in [-0.2, 0) is 0 Å². The molecule has 0 aliphatic carbocycles. The number of nitrogens with zero attached hydrogens (tertiary/aromatic N) is 4. The summed E-state index contributed by atoms with van der Waals surface area (Å²) < 4.78 is 9.85. The van der Waals surface area contributed by atoms with E-state index in [1.807, 2.05) is 31.2 Å². The quantitative estimate of drug-likeness (QED) is 0.696. The third-order valence-electron chi connectivity index (χ3n) is 3.07. The highest BCUT2D eigenvalue weighted by Gasteiger charge is 2.24. The zero-order valence-electron chi connectivity index (χ0n) is 11.8. The molecule has 3 aromatic rings. The summed E-state index contributed by atoms with van der Waals surface area (Å²) in [5.74, 6) is 0.147. The second-order valence-electron chi connectivity index (χ2n) is 4.61. The van der Waals surface area contributed by atoms with Crippen LogP contribution in [0.4, 0.5) is 5.13 Å². The molecule has 0 spiro atoms. The van der Waals surface area contributed by atoms with Crippen LogP contribution in [0.1, 0.15) is 16.1 Å². The molecular formula is C14H11BrN4O2S. The first-order chi connectivity index (χ1) is 10.6. The summed E-state index contributed by atoms with van der Waals surface area (Å²) in [5.41, 5.74) is 2.18. The van der Waals surface area contributed by atoms with Gasteiger partial charge in [0.1, 0.15) is 0 Å². The zero-order chi connectivity index (χ0) is 15.7. The minimum atomic E-state index is -0.298. The molecule has 0 saturated heterocycles. The van der Waals surface area contributed by atoms with Crippen LogP contribution in [0.3, 0.4) is 0 Å². The van der Waals surface area contributed by atoms with E-state index >= 15 is 0 Å². The van der Waals surface area contributed by atoms with Crippen molar-refractivity contribution in [2.45, 2.75) is 6.92 Å². The van der Waals surface area contributed by atoms with E-state index in [0.717, 1.165) is 22.7 Å². The number of aromatic nitrogens is 3. The standard InChI is InChI=1S/C14H11BrN4O2S/c1-8-3-5-9(6-4-8)11-10(16-7-21-11)12(20)19(2)14-17-13(15)18-22-14/h3-7H,1-2H3. The van der Waals surface area contributed by atoms with E-state index < -0.39 is 0 Å². The summed E-state index contributed by atoms with van der Waals surface area (Å²) in [7, 11) is 1.63. The lowest BCUT2D eigenvalue weighted by atomic mass is 10.1. The van der Waals surface area contributed by atoms with Crippen molar-refractivity contribution in [3.63, 3.8) is 0 Å². The van der Waals surface area contributed by atoms with E-state index in [1.165, 1.54) is 11.3 Å². The summed E-state index contributed by atoms with van der Waals surface area (Å²) in [5, 5.41) is 0.481. The maximum absolute atomic E-state index is 12.6. The molecule has 0 bridgehead atoms. The van der Waals surface area contributed by atoms with Crippen LogP contribution in [0.5, 0.6) is 0 Å². The maximum Gasteiger partial charge on any atom is 0.282 e. The van der Waals surface area contributed by atoms with Crippen LogP contribution < -0.4 is 4.90 Å². The fourth-order valence-electron chi connectivity index (χ4n) is 1.89. The average Bonchev–Trinajstić information content (AvgIpc) is 3.15. The van der Waals surface area contributed by atoms with Gasteiger partial charge < -0.3 is 4.42 Å². The number of aryl methyl sites for hydroxylation is 1. The number of benzene rings is 1. The molecular weight excluding hydrogens is 368 g/mol.